The van der Waals surface area contributed by atoms with Crippen LogP contribution in [0.3, 0.4) is 0 Å². The lowest BCUT2D eigenvalue weighted by Gasteiger charge is -2.23. The fourth-order valence-corrected chi connectivity index (χ4v) is 2.45. The number of rotatable bonds is 4. The summed E-state index contributed by atoms with van der Waals surface area (Å²) in [5, 5.41) is 12.6. The fraction of sp³-hybridized carbons (Fsp3) is 0.625. The number of nitrogens with one attached hydrogen (secondary N) is 1. The van der Waals surface area contributed by atoms with E-state index in [1.165, 1.54) is 0 Å². The molecule has 1 aliphatic heterocycles. The minimum absolute atomic E-state index is 0.0215. The van der Waals surface area contributed by atoms with Gasteiger partial charge in [-0.05, 0) is 30.4 Å². The maximum Gasteiger partial charge on any atom is 0.272 e. The van der Waals surface area contributed by atoms with E-state index in [1.54, 1.807) is 11.0 Å². The molecule has 1 amide bonds. The summed E-state index contributed by atoms with van der Waals surface area (Å²) in [5.41, 5.74) is 0.591. The first-order valence-electron chi connectivity index (χ1n) is 7.53. The van der Waals surface area contributed by atoms with Crippen molar-refractivity contribution in [2.24, 2.45) is 5.41 Å². The second-order valence-corrected chi connectivity index (χ2v) is 6.80. The molecule has 5 nitrogen and oxygen atoms in total. The number of carbonyl (C=O) groups excluding carboxylic acids is 1. The Bertz CT molecular complexity index is 497. The van der Waals surface area contributed by atoms with Gasteiger partial charge in [-0.25, -0.2) is 4.98 Å². The smallest absolute Gasteiger partial charge is 0.272 e. The molecule has 1 aromatic rings. The lowest BCUT2D eigenvalue weighted by Crippen LogP contribution is -2.38. The Morgan fingerprint density at radius 3 is 2.90 bits per heavy atom. The molecule has 21 heavy (non-hydrogen) atoms. The van der Waals surface area contributed by atoms with Crippen molar-refractivity contribution in [2.45, 2.75) is 39.7 Å². The van der Waals surface area contributed by atoms with Gasteiger partial charge < -0.3 is 15.3 Å². The van der Waals surface area contributed by atoms with Crippen LogP contribution in [0.15, 0.2) is 18.2 Å². The van der Waals surface area contributed by atoms with Crippen molar-refractivity contribution in [1.82, 2.24) is 9.88 Å². The van der Waals surface area contributed by atoms with Crippen LogP contribution < -0.4 is 5.32 Å². The average Bonchev–Trinajstić information content (AvgIpc) is 2.92. The molecule has 2 N–H and O–H groups in total. The minimum Gasteiger partial charge on any atom is -0.394 e. The minimum atomic E-state index is -0.0917. The first kappa shape index (κ1) is 15.8. The van der Waals surface area contributed by atoms with Gasteiger partial charge in [-0.1, -0.05) is 26.8 Å². The molecule has 1 unspecified atom stereocenters. The van der Waals surface area contributed by atoms with Gasteiger partial charge in [0, 0.05) is 13.1 Å². The molecule has 0 saturated carbocycles. The molecule has 1 fully saturated rings. The van der Waals surface area contributed by atoms with Crippen molar-refractivity contribution < 1.29 is 9.90 Å². The van der Waals surface area contributed by atoms with Crippen LogP contribution in [0.4, 0.5) is 5.82 Å². The largest absolute Gasteiger partial charge is 0.394 e. The van der Waals surface area contributed by atoms with E-state index in [-0.39, 0.29) is 24.0 Å². The lowest BCUT2D eigenvalue weighted by molar-refractivity contribution is 0.0672. The summed E-state index contributed by atoms with van der Waals surface area (Å²) in [6.45, 7) is 7.95. The molecule has 1 aliphatic rings. The van der Waals surface area contributed by atoms with Crippen molar-refractivity contribution in [1.29, 1.82) is 0 Å². The average molecular weight is 291 g/mol. The predicted molar refractivity (Wildman–Crippen MR) is 83.3 cm³/mol. The van der Waals surface area contributed by atoms with Gasteiger partial charge in [-0.15, -0.1) is 0 Å². The van der Waals surface area contributed by atoms with Gasteiger partial charge in [0.15, 0.2) is 0 Å². The third-order valence-electron chi connectivity index (χ3n) is 3.62. The highest BCUT2D eigenvalue weighted by atomic mass is 16.3. The molecule has 1 atom stereocenters. The Kier molecular flexibility index (Phi) is 4.83. The van der Waals surface area contributed by atoms with Gasteiger partial charge >= 0.3 is 0 Å². The zero-order valence-electron chi connectivity index (χ0n) is 13.1. The first-order valence-corrected chi connectivity index (χ1v) is 7.53. The van der Waals surface area contributed by atoms with Crippen LogP contribution in [0.1, 0.15) is 44.1 Å². The van der Waals surface area contributed by atoms with Crippen molar-refractivity contribution in [3.05, 3.63) is 23.9 Å². The number of amides is 1. The Morgan fingerprint density at radius 2 is 2.24 bits per heavy atom. The van der Waals surface area contributed by atoms with E-state index in [0.717, 1.165) is 25.2 Å². The summed E-state index contributed by atoms with van der Waals surface area (Å²) in [4.78, 5) is 18.6. The van der Waals surface area contributed by atoms with Crippen LogP contribution in [0.5, 0.6) is 0 Å². The van der Waals surface area contributed by atoms with Gasteiger partial charge in [-0.2, -0.15) is 0 Å². The molecule has 0 bridgehead atoms. The topological polar surface area (TPSA) is 65.5 Å². The second-order valence-electron chi connectivity index (χ2n) is 6.80. The van der Waals surface area contributed by atoms with E-state index in [1.807, 2.05) is 12.1 Å². The van der Waals surface area contributed by atoms with E-state index >= 15 is 0 Å². The van der Waals surface area contributed by atoms with Crippen molar-refractivity contribution >= 4 is 11.7 Å². The highest BCUT2D eigenvalue weighted by Crippen LogP contribution is 2.20. The molecule has 0 spiro atoms. The molecule has 2 heterocycles. The number of hydrogen-bond acceptors (Lipinski definition) is 4. The standard InChI is InChI=1S/C16H25N3O2/c1-16(2,3)11-17-14-8-4-7-13(18-14)15(21)19-9-5-6-12(19)10-20/h4,7-8,12,20H,5-6,9-11H2,1-3H3,(H,17,18). The lowest BCUT2D eigenvalue weighted by atomic mass is 9.97. The third kappa shape index (κ3) is 4.17. The molecule has 116 valence electrons. The highest BCUT2D eigenvalue weighted by molar-refractivity contribution is 5.93. The maximum absolute atomic E-state index is 12.5. The van der Waals surface area contributed by atoms with Crippen molar-refractivity contribution in [2.75, 3.05) is 25.0 Å². The van der Waals surface area contributed by atoms with Gasteiger partial charge in [0.1, 0.15) is 11.5 Å². The van der Waals surface area contributed by atoms with Crippen LogP contribution in [0, 0.1) is 5.41 Å². The first-order chi connectivity index (χ1) is 9.90. The van der Waals surface area contributed by atoms with E-state index in [4.69, 9.17) is 0 Å². The molecular weight excluding hydrogens is 266 g/mol. The molecule has 0 aromatic carbocycles. The third-order valence-corrected chi connectivity index (χ3v) is 3.62. The Hall–Kier alpha value is -1.62. The summed E-state index contributed by atoms with van der Waals surface area (Å²) >= 11 is 0. The highest BCUT2D eigenvalue weighted by Gasteiger charge is 2.29. The van der Waals surface area contributed by atoms with Crippen molar-refractivity contribution in [3.8, 4) is 0 Å². The zero-order chi connectivity index (χ0) is 15.5. The van der Waals surface area contributed by atoms with Gasteiger partial charge in [-0.3, -0.25) is 4.79 Å². The van der Waals surface area contributed by atoms with E-state index < -0.39 is 0 Å². The summed E-state index contributed by atoms with van der Waals surface area (Å²) in [5.74, 6) is 0.626. The van der Waals surface area contributed by atoms with Gasteiger partial charge in [0.2, 0.25) is 0 Å². The van der Waals surface area contributed by atoms with Crippen molar-refractivity contribution in [3.63, 3.8) is 0 Å². The molecule has 1 saturated heterocycles. The molecular formula is C16H25N3O2. The summed E-state index contributed by atoms with van der Waals surface area (Å²) in [6, 6.07) is 5.38. The zero-order valence-corrected chi connectivity index (χ0v) is 13.1. The Balaban J connectivity index is 2.08. The van der Waals surface area contributed by atoms with E-state index in [0.29, 0.717) is 12.2 Å². The fourth-order valence-electron chi connectivity index (χ4n) is 2.45. The number of aliphatic hydroxyl groups is 1. The number of carbonyl (C=O) groups is 1. The molecule has 0 radical (unpaired) electrons. The van der Waals surface area contributed by atoms with Crippen LogP contribution in [-0.4, -0.2) is 46.6 Å². The maximum atomic E-state index is 12.5. The van der Waals surface area contributed by atoms with Crippen LogP contribution in [0.2, 0.25) is 0 Å². The summed E-state index contributed by atoms with van der Waals surface area (Å²) in [6.07, 6.45) is 1.81. The normalized spacial score (nSPS) is 18.9. The molecule has 5 heteroatoms. The number of aromatic nitrogens is 1. The van der Waals surface area contributed by atoms with Crippen LogP contribution >= 0.6 is 0 Å². The number of likely N-dealkylation sites (tertiary alicyclic amines) is 1. The second kappa shape index (κ2) is 6.43. The molecule has 1 aromatic heterocycles. The number of anilines is 1. The number of aliphatic hydroxyl groups excluding tert-OH is 1. The SMILES string of the molecule is CC(C)(C)CNc1cccc(C(=O)N2CCCC2CO)n1. The Morgan fingerprint density at radius 1 is 1.48 bits per heavy atom. The summed E-state index contributed by atoms with van der Waals surface area (Å²) in [7, 11) is 0. The van der Waals surface area contributed by atoms with E-state index in [9.17, 15) is 9.90 Å². The number of pyridine rings is 1. The van der Waals surface area contributed by atoms with Gasteiger partial charge in [0.25, 0.3) is 5.91 Å². The van der Waals surface area contributed by atoms with Crippen LogP contribution in [0.25, 0.3) is 0 Å². The monoisotopic (exact) mass is 291 g/mol. The van der Waals surface area contributed by atoms with Gasteiger partial charge in [0.05, 0.1) is 12.6 Å². The summed E-state index contributed by atoms with van der Waals surface area (Å²) < 4.78 is 0. The Labute approximate surface area is 126 Å². The molecule has 2 rings (SSSR count). The number of hydrogen-bond donors (Lipinski definition) is 2. The van der Waals surface area contributed by atoms with E-state index in [2.05, 4.69) is 31.1 Å². The quantitative estimate of drug-likeness (QED) is 0.892. The molecule has 0 aliphatic carbocycles. The van der Waals surface area contributed by atoms with Crippen LogP contribution in [-0.2, 0) is 0 Å². The predicted octanol–water partition coefficient (Wildman–Crippen LogP) is 2.14. The number of nitrogens with zero attached hydrogens (tertiary/aromatic N) is 2.